The summed E-state index contributed by atoms with van der Waals surface area (Å²) in [6.07, 6.45) is 2.87. The molecule has 1 N–H and O–H groups in total. The minimum Gasteiger partial charge on any atom is -0.485 e. The molecule has 0 amide bonds. The Hall–Kier alpha value is -1.91. The summed E-state index contributed by atoms with van der Waals surface area (Å²) in [7, 11) is 1.97. The van der Waals surface area contributed by atoms with E-state index < -0.39 is 0 Å². The highest BCUT2D eigenvalue weighted by atomic mass is 32.1. The number of hydrogen-bond acceptors (Lipinski definition) is 4. The van der Waals surface area contributed by atoms with Crippen LogP contribution in [-0.2, 0) is 0 Å². The maximum atomic E-state index is 6.36. The fraction of sp³-hybridized carbons (Fsp3) is 0.278. The Morgan fingerprint density at radius 2 is 2.00 bits per heavy atom. The average molecular weight is 312 g/mol. The molecule has 0 unspecified atom stereocenters. The Morgan fingerprint density at radius 1 is 1.18 bits per heavy atom. The second-order valence-electron chi connectivity index (χ2n) is 5.36. The Labute approximate surface area is 135 Å². The van der Waals surface area contributed by atoms with Crippen molar-refractivity contribution in [3.8, 4) is 5.75 Å². The third-order valence-electron chi connectivity index (χ3n) is 3.78. The van der Waals surface area contributed by atoms with E-state index in [0.29, 0.717) is 0 Å². The van der Waals surface area contributed by atoms with Crippen LogP contribution in [0.1, 0.15) is 23.7 Å². The first-order valence-electron chi connectivity index (χ1n) is 7.50. The molecule has 0 aliphatic carbocycles. The Kier molecular flexibility index (Phi) is 4.71. The van der Waals surface area contributed by atoms with Crippen LogP contribution in [0, 0.1) is 6.92 Å². The third-order valence-corrected chi connectivity index (χ3v) is 4.71. The smallest absolute Gasteiger partial charge is 0.130 e. The summed E-state index contributed by atoms with van der Waals surface area (Å²) in [4.78, 5) is 0. The normalized spacial score (nSPS) is 12.5. The molecular weight excluding hydrogens is 292 g/mol. The van der Waals surface area contributed by atoms with E-state index in [9.17, 15) is 0 Å². The summed E-state index contributed by atoms with van der Waals surface area (Å²) in [5.41, 5.74) is 2.45. The van der Waals surface area contributed by atoms with Crippen molar-refractivity contribution < 1.29 is 4.74 Å². The predicted molar refractivity (Wildman–Crippen MR) is 92.7 cm³/mol. The summed E-state index contributed by atoms with van der Waals surface area (Å²) in [6, 6.07) is 14.6. The summed E-state index contributed by atoms with van der Waals surface area (Å²) in [5, 5.41) is 4.31. The van der Waals surface area contributed by atoms with Crippen LogP contribution in [0.4, 0.5) is 0 Å². The van der Waals surface area contributed by atoms with Crippen LogP contribution in [0.5, 0.6) is 5.75 Å². The third kappa shape index (κ3) is 3.13. The first kappa shape index (κ1) is 15.0. The zero-order chi connectivity index (χ0) is 15.4. The number of nitrogens with zero attached hydrogens (tertiary/aromatic N) is 1. The van der Waals surface area contributed by atoms with Gasteiger partial charge in [0, 0.05) is 6.42 Å². The fourth-order valence-corrected chi connectivity index (χ4v) is 3.29. The van der Waals surface area contributed by atoms with Crippen molar-refractivity contribution in [2.24, 2.45) is 0 Å². The molecule has 1 atom stereocenters. The number of hydrogen-bond donors (Lipinski definition) is 1. The molecule has 3 aromatic rings. The van der Waals surface area contributed by atoms with Gasteiger partial charge in [-0.25, -0.2) is 0 Å². The molecule has 0 saturated heterocycles. The monoisotopic (exact) mass is 312 g/mol. The van der Waals surface area contributed by atoms with E-state index in [2.05, 4.69) is 53.0 Å². The van der Waals surface area contributed by atoms with Crippen LogP contribution >= 0.6 is 11.5 Å². The average Bonchev–Trinajstić information content (AvgIpc) is 3.05. The zero-order valence-electron chi connectivity index (χ0n) is 12.9. The lowest BCUT2D eigenvalue weighted by Crippen LogP contribution is -2.16. The van der Waals surface area contributed by atoms with E-state index in [1.54, 1.807) is 0 Å². The van der Waals surface area contributed by atoms with Gasteiger partial charge in [-0.3, -0.25) is 0 Å². The lowest BCUT2D eigenvalue weighted by atomic mass is 10.1. The number of rotatable bonds is 6. The molecule has 0 radical (unpaired) electrons. The van der Waals surface area contributed by atoms with Gasteiger partial charge in [-0.05, 0) is 49.2 Å². The molecule has 0 saturated carbocycles. The van der Waals surface area contributed by atoms with Crippen molar-refractivity contribution in [1.29, 1.82) is 0 Å². The minimum atomic E-state index is 0.0412. The van der Waals surface area contributed by atoms with E-state index in [0.717, 1.165) is 24.1 Å². The predicted octanol–water partition coefficient (Wildman–Crippen LogP) is 4.33. The van der Waals surface area contributed by atoms with Gasteiger partial charge in [-0.1, -0.05) is 36.4 Å². The van der Waals surface area contributed by atoms with Crippen LogP contribution < -0.4 is 10.1 Å². The number of benzene rings is 2. The number of aromatic nitrogens is 1. The fourth-order valence-electron chi connectivity index (χ4n) is 2.56. The van der Waals surface area contributed by atoms with E-state index in [4.69, 9.17) is 4.74 Å². The topological polar surface area (TPSA) is 34.1 Å². The summed E-state index contributed by atoms with van der Waals surface area (Å²) in [6.45, 7) is 3.02. The number of aryl methyl sites for hydroxylation is 1. The van der Waals surface area contributed by atoms with Gasteiger partial charge in [0.1, 0.15) is 11.9 Å². The van der Waals surface area contributed by atoms with Gasteiger partial charge in [-0.2, -0.15) is 4.37 Å². The van der Waals surface area contributed by atoms with E-state index in [1.807, 2.05) is 19.3 Å². The van der Waals surface area contributed by atoms with Gasteiger partial charge < -0.3 is 10.1 Å². The molecular formula is C18H20N2OS. The Bertz CT molecular complexity index is 739. The quantitative estimate of drug-likeness (QED) is 0.735. The van der Waals surface area contributed by atoms with Crippen LogP contribution in [0.15, 0.2) is 48.7 Å². The molecule has 3 nitrogen and oxygen atoms in total. The van der Waals surface area contributed by atoms with Crippen LogP contribution in [0.25, 0.3) is 10.1 Å². The SMILES string of the molecule is CNCC[C@@H](Oc1ccc(C)c2sncc12)c1ccccc1. The molecule has 0 aliphatic rings. The molecule has 2 aromatic carbocycles. The Morgan fingerprint density at radius 3 is 2.77 bits per heavy atom. The first-order valence-corrected chi connectivity index (χ1v) is 8.27. The van der Waals surface area contributed by atoms with Gasteiger partial charge in [0.15, 0.2) is 0 Å². The van der Waals surface area contributed by atoms with Gasteiger partial charge in [0.05, 0.1) is 16.3 Å². The number of nitrogens with one attached hydrogen (secondary N) is 1. The second kappa shape index (κ2) is 6.90. The van der Waals surface area contributed by atoms with E-state index >= 15 is 0 Å². The molecule has 22 heavy (non-hydrogen) atoms. The summed E-state index contributed by atoms with van der Waals surface area (Å²) in [5.74, 6) is 0.916. The molecule has 1 heterocycles. The molecule has 0 spiro atoms. The molecule has 0 bridgehead atoms. The van der Waals surface area contributed by atoms with Gasteiger partial charge in [0.2, 0.25) is 0 Å². The number of fused-ring (bicyclic) bond motifs is 1. The summed E-state index contributed by atoms with van der Waals surface area (Å²) >= 11 is 1.53. The first-order chi connectivity index (χ1) is 10.8. The molecule has 0 fully saturated rings. The van der Waals surface area contributed by atoms with Gasteiger partial charge in [-0.15, -0.1) is 0 Å². The highest BCUT2D eigenvalue weighted by Crippen LogP contribution is 2.34. The maximum Gasteiger partial charge on any atom is 0.130 e. The number of ether oxygens (including phenoxy) is 1. The summed E-state index contributed by atoms with van der Waals surface area (Å²) < 4.78 is 11.9. The van der Waals surface area contributed by atoms with Crippen molar-refractivity contribution >= 4 is 21.6 Å². The Balaban J connectivity index is 1.92. The van der Waals surface area contributed by atoms with Crippen LogP contribution in [0.2, 0.25) is 0 Å². The molecule has 1 aromatic heterocycles. The lowest BCUT2D eigenvalue weighted by Gasteiger charge is -2.20. The van der Waals surface area contributed by atoms with Crippen LogP contribution in [0.3, 0.4) is 0 Å². The van der Waals surface area contributed by atoms with Crippen molar-refractivity contribution in [3.63, 3.8) is 0 Å². The molecule has 3 rings (SSSR count). The second-order valence-corrected chi connectivity index (χ2v) is 6.16. The van der Waals surface area contributed by atoms with E-state index in [1.165, 1.54) is 27.4 Å². The van der Waals surface area contributed by atoms with Crippen molar-refractivity contribution in [2.45, 2.75) is 19.4 Å². The lowest BCUT2D eigenvalue weighted by molar-refractivity contribution is 0.197. The molecule has 0 aliphatic heterocycles. The van der Waals surface area contributed by atoms with Crippen molar-refractivity contribution in [3.05, 3.63) is 59.8 Å². The van der Waals surface area contributed by atoms with E-state index in [-0.39, 0.29) is 6.10 Å². The highest BCUT2D eigenvalue weighted by Gasteiger charge is 2.15. The maximum absolute atomic E-state index is 6.36. The highest BCUT2D eigenvalue weighted by molar-refractivity contribution is 7.13. The standard InChI is InChI=1S/C18H20N2OS/c1-13-8-9-17(15-12-20-22-18(13)15)21-16(10-11-19-2)14-6-4-3-5-7-14/h3-9,12,16,19H,10-11H2,1-2H3/t16-/m1/s1. The van der Waals surface area contributed by atoms with Gasteiger partial charge >= 0.3 is 0 Å². The largest absolute Gasteiger partial charge is 0.485 e. The van der Waals surface area contributed by atoms with Gasteiger partial charge in [0.25, 0.3) is 0 Å². The van der Waals surface area contributed by atoms with Crippen LogP contribution in [-0.4, -0.2) is 18.0 Å². The molecule has 4 heteroatoms. The van der Waals surface area contributed by atoms with Crippen molar-refractivity contribution in [2.75, 3.05) is 13.6 Å². The zero-order valence-corrected chi connectivity index (χ0v) is 13.7. The minimum absolute atomic E-state index is 0.0412. The van der Waals surface area contributed by atoms with Crippen molar-refractivity contribution in [1.82, 2.24) is 9.69 Å². The molecule has 114 valence electrons.